The third kappa shape index (κ3) is 1.73. The van der Waals surface area contributed by atoms with Crippen LogP contribution in [0.5, 0.6) is 11.5 Å². The molecule has 0 aliphatic carbocycles. The average Bonchev–Trinajstić information content (AvgIpc) is 2.80. The molecule has 0 saturated heterocycles. The van der Waals surface area contributed by atoms with Gasteiger partial charge in [-0.05, 0) is 66.6 Å². The Morgan fingerprint density at radius 3 is 2.65 bits per heavy atom. The van der Waals surface area contributed by atoms with Crippen LogP contribution < -0.4 is 9.64 Å². The second-order valence-electron chi connectivity index (χ2n) is 7.72. The molecule has 3 heteroatoms. The fourth-order valence-corrected chi connectivity index (χ4v) is 4.65. The van der Waals surface area contributed by atoms with Crippen molar-refractivity contribution in [1.82, 2.24) is 0 Å². The van der Waals surface area contributed by atoms with Crippen LogP contribution in [0.15, 0.2) is 60.7 Å². The van der Waals surface area contributed by atoms with E-state index in [1.165, 1.54) is 22.0 Å². The van der Waals surface area contributed by atoms with Crippen LogP contribution >= 0.6 is 0 Å². The summed E-state index contributed by atoms with van der Waals surface area (Å²) < 4.78 is 6.62. The third-order valence-corrected chi connectivity index (χ3v) is 6.03. The number of aromatic hydroxyl groups is 1. The maximum Gasteiger partial charge on any atom is 0.211 e. The number of hydrogen-bond donors (Lipinski definition) is 1. The van der Waals surface area contributed by atoms with Crippen LogP contribution in [-0.4, -0.2) is 17.9 Å². The predicted octanol–water partition coefficient (Wildman–Crippen LogP) is 5.07. The highest BCUT2D eigenvalue weighted by atomic mass is 16.5. The first-order valence-corrected chi connectivity index (χ1v) is 8.91. The summed E-state index contributed by atoms with van der Waals surface area (Å²) in [7, 11) is 2.10. The number of phenolic OH excluding ortho intramolecular Hbond substituents is 1. The first kappa shape index (κ1) is 15.3. The maximum atomic E-state index is 9.76. The molecule has 5 rings (SSSR count). The lowest BCUT2D eigenvalue weighted by Crippen LogP contribution is -2.58. The molecule has 26 heavy (non-hydrogen) atoms. The van der Waals surface area contributed by atoms with Gasteiger partial charge in [0, 0.05) is 18.3 Å². The molecular formula is C23H21NO2. The van der Waals surface area contributed by atoms with Crippen LogP contribution in [0.25, 0.3) is 16.8 Å². The minimum atomic E-state index is -0.608. The highest BCUT2D eigenvalue weighted by Gasteiger charge is 2.58. The molecule has 0 amide bonds. The molecule has 130 valence electrons. The zero-order chi connectivity index (χ0) is 18.1. The second kappa shape index (κ2) is 4.82. The topological polar surface area (TPSA) is 32.7 Å². The molecule has 0 radical (unpaired) electrons. The molecule has 2 heterocycles. The highest BCUT2D eigenvalue weighted by Crippen LogP contribution is 2.56. The van der Waals surface area contributed by atoms with Gasteiger partial charge in [0.05, 0.1) is 5.41 Å². The first-order valence-electron chi connectivity index (χ1n) is 8.91. The van der Waals surface area contributed by atoms with Gasteiger partial charge in [-0.3, -0.25) is 0 Å². The summed E-state index contributed by atoms with van der Waals surface area (Å²) in [6, 6.07) is 18.2. The van der Waals surface area contributed by atoms with E-state index in [0.29, 0.717) is 0 Å². The summed E-state index contributed by atoms with van der Waals surface area (Å²) in [6.45, 7) is 4.50. The predicted molar refractivity (Wildman–Crippen MR) is 106 cm³/mol. The first-order chi connectivity index (χ1) is 12.4. The minimum Gasteiger partial charge on any atom is -0.508 e. The number of likely N-dealkylation sites (N-methyl/N-ethyl adjacent to an activating group) is 1. The van der Waals surface area contributed by atoms with Gasteiger partial charge in [0.1, 0.15) is 11.5 Å². The van der Waals surface area contributed by atoms with Gasteiger partial charge < -0.3 is 14.7 Å². The van der Waals surface area contributed by atoms with Crippen LogP contribution in [0, 0.1) is 0 Å². The van der Waals surface area contributed by atoms with E-state index in [1.54, 1.807) is 12.1 Å². The molecule has 2 aliphatic heterocycles. The summed E-state index contributed by atoms with van der Waals surface area (Å²) in [5, 5.41) is 12.3. The Hall–Kier alpha value is -2.94. The van der Waals surface area contributed by atoms with Gasteiger partial charge in [-0.25, -0.2) is 0 Å². The van der Waals surface area contributed by atoms with E-state index >= 15 is 0 Å². The standard InChI is InChI=1S/C23H21NO2/c1-22(2)21-18-7-5-4-6-15(18)8-10-19(21)24(3)23(22)13-12-16-14-17(25)9-11-20(16)26-23/h4-14,25H,1-3H3/t23-/m0/s1. The number of rotatable bonds is 0. The Labute approximate surface area is 153 Å². The molecular weight excluding hydrogens is 322 g/mol. The summed E-state index contributed by atoms with van der Waals surface area (Å²) >= 11 is 0. The SMILES string of the molecule is CN1c2ccc3ccccc3c2C(C)(C)[C@@]12C=Cc1cc(O)ccc1O2. The molecule has 2 aliphatic rings. The van der Waals surface area contributed by atoms with Crippen LogP contribution in [0.1, 0.15) is 25.0 Å². The number of phenols is 1. The Morgan fingerprint density at radius 1 is 1.00 bits per heavy atom. The van der Waals surface area contributed by atoms with Gasteiger partial charge in [0.2, 0.25) is 5.72 Å². The summed E-state index contributed by atoms with van der Waals surface area (Å²) in [4.78, 5) is 2.24. The third-order valence-electron chi connectivity index (χ3n) is 6.03. The van der Waals surface area contributed by atoms with E-state index in [1.807, 2.05) is 6.07 Å². The Balaban J connectivity index is 1.75. The number of anilines is 1. The van der Waals surface area contributed by atoms with E-state index in [-0.39, 0.29) is 11.2 Å². The second-order valence-corrected chi connectivity index (χ2v) is 7.72. The Morgan fingerprint density at radius 2 is 1.81 bits per heavy atom. The smallest absolute Gasteiger partial charge is 0.211 e. The van der Waals surface area contributed by atoms with Crippen LogP contribution in [0.3, 0.4) is 0 Å². The van der Waals surface area contributed by atoms with Gasteiger partial charge in [-0.15, -0.1) is 0 Å². The van der Waals surface area contributed by atoms with Crippen molar-refractivity contribution in [1.29, 1.82) is 0 Å². The summed E-state index contributed by atoms with van der Waals surface area (Å²) in [5.74, 6) is 1.05. The number of ether oxygens (including phenoxy) is 1. The zero-order valence-corrected chi connectivity index (χ0v) is 15.2. The van der Waals surface area contributed by atoms with Gasteiger partial charge >= 0.3 is 0 Å². The minimum absolute atomic E-state index is 0.251. The molecule has 1 atom stereocenters. The highest BCUT2D eigenvalue weighted by molar-refractivity contribution is 5.94. The normalized spacial score (nSPS) is 22.3. The van der Waals surface area contributed by atoms with Crippen molar-refractivity contribution in [2.45, 2.75) is 25.0 Å². The van der Waals surface area contributed by atoms with E-state index in [0.717, 1.165) is 11.3 Å². The summed E-state index contributed by atoms with van der Waals surface area (Å²) in [5.41, 5.74) is 2.54. The largest absolute Gasteiger partial charge is 0.508 e. The molecule has 3 aromatic rings. The number of nitrogens with zero attached hydrogens (tertiary/aromatic N) is 1. The lowest BCUT2D eigenvalue weighted by molar-refractivity contribution is 0.0586. The Kier molecular flexibility index (Phi) is 2.84. The molecule has 0 fully saturated rings. The molecule has 1 N–H and O–H groups in total. The van der Waals surface area contributed by atoms with Gasteiger partial charge in [-0.2, -0.15) is 0 Å². The quantitative estimate of drug-likeness (QED) is 0.618. The van der Waals surface area contributed by atoms with Crippen LogP contribution in [0.4, 0.5) is 5.69 Å². The number of benzene rings is 3. The molecule has 0 aromatic heterocycles. The monoisotopic (exact) mass is 343 g/mol. The lowest BCUT2D eigenvalue weighted by atomic mass is 9.75. The number of fused-ring (bicyclic) bond motifs is 4. The molecule has 0 unspecified atom stereocenters. The molecule has 0 saturated carbocycles. The van der Waals surface area contributed by atoms with E-state index in [4.69, 9.17) is 4.74 Å². The lowest BCUT2D eigenvalue weighted by Gasteiger charge is -2.45. The van der Waals surface area contributed by atoms with Crippen LogP contribution in [0.2, 0.25) is 0 Å². The van der Waals surface area contributed by atoms with Crippen molar-refractivity contribution < 1.29 is 9.84 Å². The van der Waals surface area contributed by atoms with Crippen molar-refractivity contribution >= 4 is 22.5 Å². The fraction of sp³-hybridized carbons (Fsp3) is 0.217. The van der Waals surface area contributed by atoms with Crippen LogP contribution in [-0.2, 0) is 5.41 Å². The summed E-state index contributed by atoms with van der Waals surface area (Å²) in [6.07, 6.45) is 4.19. The van der Waals surface area contributed by atoms with Gasteiger partial charge in [0.15, 0.2) is 0 Å². The average molecular weight is 343 g/mol. The van der Waals surface area contributed by atoms with E-state index in [9.17, 15) is 5.11 Å². The maximum absolute atomic E-state index is 9.76. The van der Waals surface area contributed by atoms with Crippen molar-refractivity contribution in [2.75, 3.05) is 11.9 Å². The van der Waals surface area contributed by atoms with Crippen molar-refractivity contribution in [3.05, 3.63) is 71.8 Å². The van der Waals surface area contributed by atoms with Crippen molar-refractivity contribution in [3.63, 3.8) is 0 Å². The van der Waals surface area contributed by atoms with Crippen molar-refractivity contribution in [2.24, 2.45) is 0 Å². The molecule has 3 aromatic carbocycles. The van der Waals surface area contributed by atoms with Gasteiger partial charge in [-0.1, -0.05) is 30.3 Å². The molecule has 1 spiro atoms. The van der Waals surface area contributed by atoms with Gasteiger partial charge in [0.25, 0.3) is 0 Å². The zero-order valence-electron chi connectivity index (χ0n) is 15.2. The Bertz CT molecular complexity index is 1080. The van der Waals surface area contributed by atoms with E-state index < -0.39 is 5.72 Å². The fourth-order valence-electron chi connectivity index (χ4n) is 4.65. The number of hydrogen-bond acceptors (Lipinski definition) is 3. The van der Waals surface area contributed by atoms with Crippen molar-refractivity contribution in [3.8, 4) is 11.5 Å². The molecule has 0 bridgehead atoms. The van der Waals surface area contributed by atoms with E-state index in [2.05, 4.69) is 74.3 Å². The molecule has 3 nitrogen and oxygen atoms in total.